The molecule has 4 N–H and O–H groups in total. The van der Waals surface area contributed by atoms with Crippen molar-refractivity contribution in [1.29, 1.82) is 0 Å². The molecule has 1 atom stereocenters. The van der Waals surface area contributed by atoms with Gasteiger partial charge in [-0.2, -0.15) is 0 Å². The van der Waals surface area contributed by atoms with Crippen LogP contribution in [0.15, 0.2) is 0 Å². The van der Waals surface area contributed by atoms with Gasteiger partial charge in [-0.05, 0) is 0 Å². The first-order chi connectivity index (χ1) is 5.63. The van der Waals surface area contributed by atoms with E-state index in [0.29, 0.717) is 0 Å². The van der Waals surface area contributed by atoms with Crippen molar-refractivity contribution in [2.24, 2.45) is 5.73 Å². The molecular formula is C3H7F6NO3W. The van der Waals surface area contributed by atoms with E-state index in [0.717, 1.165) is 0 Å². The number of nitrogens with two attached hydrogens (primary N) is 1. The van der Waals surface area contributed by atoms with E-state index in [1.54, 1.807) is 0 Å². The maximum atomic E-state index is 9.93. The first-order valence-electron chi connectivity index (χ1n) is 2.70. The Morgan fingerprint density at radius 1 is 1.21 bits per heavy atom. The number of carboxylic acids is 1. The van der Waals surface area contributed by atoms with Crippen molar-refractivity contribution in [3.8, 4) is 0 Å². The number of carbonyl (C=O) groups is 1. The van der Waals surface area contributed by atoms with Gasteiger partial charge in [-0.1, -0.05) is 0 Å². The summed E-state index contributed by atoms with van der Waals surface area (Å²) in [4.78, 5) is 9.65. The summed E-state index contributed by atoms with van der Waals surface area (Å²) in [6.07, 6.45) is 0. The van der Waals surface area contributed by atoms with Crippen molar-refractivity contribution in [3.05, 3.63) is 0 Å². The van der Waals surface area contributed by atoms with Gasteiger partial charge in [0.05, 0.1) is 6.61 Å². The first-order valence-corrected chi connectivity index (χ1v) is 9.35. The Hall–Kier alpha value is -0.342. The van der Waals surface area contributed by atoms with Crippen LogP contribution < -0.4 is 5.73 Å². The Bertz CT molecular complexity index is 198. The molecule has 0 amide bonds. The van der Waals surface area contributed by atoms with E-state index in [1.165, 1.54) is 0 Å². The molecule has 0 aromatic rings. The Kier molecular flexibility index (Phi) is 4.22. The van der Waals surface area contributed by atoms with E-state index in [4.69, 9.17) is 15.9 Å². The summed E-state index contributed by atoms with van der Waals surface area (Å²) in [7, 11) is 0. The fourth-order valence-corrected chi connectivity index (χ4v) is 0.0781. The third-order valence-electron chi connectivity index (χ3n) is 0.514. The number of halogens is 6. The average Bonchev–Trinajstić information content (AvgIpc) is 1.78. The van der Waals surface area contributed by atoms with E-state index in [-0.39, 0.29) is 0 Å². The van der Waals surface area contributed by atoms with E-state index in [1.807, 2.05) is 0 Å². The fraction of sp³-hybridized carbons (Fsp3) is 0.667. The van der Waals surface area contributed by atoms with Crippen molar-refractivity contribution in [2.75, 3.05) is 6.61 Å². The molecule has 0 aliphatic rings. The topological polar surface area (TPSA) is 83.5 Å². The SMILES string of the molecule is N[C@@H](CO)C(=O)O.[F][W]([F])([F])([F])([F])[F]. The van der Waals surface area contributed by atoms with Gasteiger partial charge < -0.3 is 15.9 Å². The second kappa shape index (κ2) is 3.67. The summed E-state index contributed by atoms with van der Waals surface area (Å²) in [5.41, 5.74) is 4.77. The van der Waals surface area contributed by atoms with Crippen LogP contribution in [0.2, 0.25) is 0 Å². The molecule has 0 unspecified atom stereocenters. The van der Waals surface area contributed by atoms with Gasteiger partial charge in [-0.25, -0.2) is 0 Å². The molecular weight excluding hydrogens is 396 g/mol. The van der Waals surface area contributed by atoms with Crippen LogP contribution in [0.3, 0.4) is 0 Å². The summed E-state index contributed by atoms with van der Waals surface area (Å²) in [5.74, 6) is -1.18. The molecule has 4 nitrogen and oxygen atoms in total. The number of aliphatic carboxylic acids is 1. The van der Waals surface area contributed by atoms with Gasteiger partial charge in [-0.3, -0.25) is 4.79 Å². The molecule has 0 heterocycles. The van der Waals surface area contributed by atoms with Crippen LogP contribution in [-0.2, 0) is 21.5 Å². The monoisotopic (exact) mass is 403 g/mol. The molecule has 0 aliphatic heterocycles. The van der Waals surface area contributed by atoms with Crippen molar-refractivity contribution < 1.29 is 50.7 Å². The van der Waals surface area contributed by atoms with Crippen LogP contribution in [-0.4, -0.2) is 28.8 Å². The predicted octanol–water partition coefficient (Wildman–Crippen LogP) is 0.909. The van der Waals surface area contributed by atoms with Crippen LogP contribution in [0.1, 0.15) is 0 Å². The summed E-state index contributed by atoms with van der Waals surface area (Å²) in [5, 5.41) is 15.9. The Morgan fingerprint density at radius 3 is 1.43 bits per heavy atom. The van der Waals surface area contributed by atoms with Crippen molar-refractivity contribution in [1.82, 2.24) is 0 Å². The Balaban J connectivity index is 0. The quantitative estimate of drug-likeness (QED) is 0.599. The average molecular weight is 403 g/mol. The second-order valence-corrected chi connectivity index (χ2v) is 8.29. The molecule has 0 aromatic carbocycles. The Morgan fingerprint density at radius 2 is 1.43 bits per heavy atom. The molecule has 14 heavy (non-hydrogen) atoms. The van der Waals surface area contributed by atoms with Crippen LogP contribution in [0.25, 0.3) is 0 Å². The zero-order chi connectivity index (χ0) is 12.3. The van der Waals surface area contributed by atoms with Crippen molar-refractivity contribution in [2.45, 2.75) is 6.04 Å². The van der Waals surface area contributed by atoms with Crippen LogP contribution >= 0.6 is 0 Å². The van der Waals surface area contributed by atoms with Gasteiger partial charge in [0, 0.05) is 0 Å². The van der Waals surface area contributed by atoms with Gasteiger partial charge in [0.15, 0.2) is 0 Å². The molecule has 0 aromatic heterocycles. The first kappa shape index (κ1) is 16.1. The molecule has 0 spiro atoms. The number of carboxylic acid groups (broad SMARTS) is 1. The second-order valence-electron chi connectivity index (χ2n) is 2.00. The zero-order valence-electron chi connectivity index (χ0n) is 6.34. The van der Waals surface area contributed by atoms with Gasteiger partial charge in [0.2, 0.25) is 0 Å². The van der Waals surface area contributed by atoms with E-state index in [9.17, 15) is 23.7 Å². The van der Waals surface area contributed by atoms with E-state index >= 15 is 0 Å². The summed E-state index contributed by atoms with van der Waals surface area (Å²) in [6.45, 7) is -0.505. The third kappa shape index (κ3) is 41.4. The van der Waals surface area contributed by atoms with Crippen molar-refractivity contribution in [3.63, 3.8) is 0 Å². The predicted molar refractivity (Wildman–Crippen MR) is 29.3 cm³/mol. The normalized spacial score (nSPS) is 18.3. The molecule has 0 radical (unpaired) electrons. The molecule has 0 aliphatic carbocycles. The van der Waals surface area contributed by atoms with Gasteiger partial charge >= 0.3 is 41.6 Å². The van der Waals surface area contributed by atoms with E-state index < -0.39 is 35.3 Å². The summed E-state index contributed by atoms with van der Waals surface area (Å²) >= 11 is -11.3. The fourth-order valence-electron chi connectivity index (χ4n) is 0.0781. The van der Waals surface area contributed by atoms with E-state index in [2.05, 4.69) is 0 Å². The minimum atomic E-state index is -11.3. The van der Waals surface area contributed by atoms with Gasteiger partial charge in [0.1, 0.15) is 6.04 Å². The Labute approximate surface area is 75.7 Å². The number of aliphatic hydroxyl groups is 1. The van der Waals surface area contributed by atoms with Crippen LogP contribution in [0.5, 0.6) is 0 Å². The molecule has 0 fully saturated rings. The van der Waals surface area contributed by atoms with Gasteiger partial charge in [-0.15, -0.1) is 0 Å². The summed E-state index contributed by atoms with van der Waals surface area (Å²) in [6, 6.07) is -1.13. The molecule has 0 rings (SSSR count). The number of hydrogen-bond donors (Lipinski definition) is 3. The number of rotatable bonds is 2. The molecule has 0 saturated heterocycles. The number of aliphatic hydroxyl groups excluding tert-OH is 1. The zero-order valence-corrected chi connectivity index (χ0v) is 9.27. The minimum absolute atomic E-state index is 0.505. The number of hydrogen-bond acceptors (Lipinski definition) is 3. The summed E-state index contributed by atoms with van der Waals surface area (Å²) < 4.78 is 59.6. The molecule has 0 saturated carbocycles. The van der Waals surface area contributed by atoms with Gasteiger partial charge in [0.25, 0.3) is 0 Å². The van der Waals surface area contributed by atoms with Crippen molar-refractivity contribution >= 4 is 5.97 Å². The molecule has 11 heteroatoms. The van der Waals surface area contributed by atoms with Crippen LogP contribution in [0, 0.1) is 0 Å². The molecule has 90 valence electrons. The maximum absolute atomic E-state index is 11.3. The molecule has 0 bridgehead atoms. The standard InChI is InChI=1S/C3H7NO3.6FH.W/c4-2(1-5)3(6)7;;;;;;;/h2,5H,1,4H2,(H,6,7);6*1H;/q;;;;;;;+6/p-6/t2-;;;;;;;/m0......./s1. The third-order valence-corrected chi connectivity index (χ3v) is 0.514. The van der Waals surface area contributed by atoms with Crippen LogP contribution in [0.4, 0.5) is 18.9 Å².